The number of amides is 1. The molecule has 5 heteroatoms. The van der Waals surface area contributed by atoms with E-state index in [1.165, 1.54) is 6.07 Å². The van der Waals surface area contributed by atoms with Crippen LogP contribution in [0.1, 0.15) is 57.6 Å². The number of hydrogen-bond acceptors (Lipinski definition) is 1. The molecule has 1 N–H and O–H groups in total. The first-order chi connectivity index (χ1) is 11.1. The molecule has 24 heavy (non-hydrogen) atoms. The summed E-state index contributed by atoms with van der Waals surface area (Å²) in [5, 5.41) is 2.79. The molecular formula is C19H26F3NO. The van der Waals surface area contributed by atoms with Gasteiger partial charge in [-0.25, -0.2) is 0 Å². The van der Waals surface area contributed by atoms with Crippen LogP contribution in [0.25, 0.3) is 0 Å². The highest BCUT2D eigenvalue weighted by molar-refractivity contribution is 5.78. The van der Waals surface area contributed by atoms with E-state index in [0.29, 0.717) is 11.5 Å². The van der Waals surface area contributed by atoms with Crippen LogP contribution in [0.3, 0.4) is 0 Å². The number of benzene rings is 1. The van der Waals surface area contributed by atoms with Gasteiger partial charge >= 0.3 is 6.18 Å². The number of nitrogens with one attached hydrogen (secondary N) is 1. The van der Waals surface area contributed by atoms with Gasteiger partial charge < -0.3 is 5.32 Å². The Bertz CT molecular complexity index is 567. The van der Waals surface area contributed by atoms with Crippen LogP contribution in [0, 0.1) is 17.3 Å². The summed E-state index contributed by atoms with van der Waals surface area (Å²) in [7, 11) is 0. The second kappa shape index (κ2) is 7.16. The minimum Gasteiger partial charge on any atom is -0.352 e. The molecule has 0 aliphatic heterocycles. The maximum atomic E-state index is 12.7. The second-order valence-corrected chi connectivity index (χ2v) is 7.83. The maximum absolute atomic E-state index is 12.7. The fourth-order valence-electron chi connectivity index (χ4n) is 3.41. The quantitative estimate of drug-likeness (QED) is 0.807. The summed E-state index contributed by atoms with van der Waals surface area (Å²) in [6.45, 7) is 6.82. The Morgan fingerprint density at radius 1 is 1.12 bits per heavy atom. The van der Waals surface area contributed by atoms with Crippen LogP contribution in [-0.2, 0) is 17.5 Å². The summed E-state index contributed by atoms with van der Waals surface area (Å²) in [5.74, 6) is 0.569. The van der Waals surface area contributed by atoms with Crippen molar-refractivity contribution >= 4 is 5.91 Å². The van der Waals surface area contributed by atoms with Gasteiger partial charge in [0.1, 0.15) is 0 Å². The van der Waals surface area contributed by atoms with E-state index in [4.69, 9.17) is 0 Å². The number of hydrogen-bond donors (Lipinski definition) is 1. The second-order valence-electron chi connectivity index (χ2n) is 7.83. The van der Waals surface area contributed by atoms with Crippen molar-refractivity contribution in [1.82, 2.24) is 5.32 Å². The third kappa shape index (κ3) is 4.99. The molecule has 1 aliphatic carbocycles. The average Bonchev–Trinajstić information content (AvgIpc) is 2.51. The van der Waals surface area contributed by atoms with Crippen molar-refractivity contribution in [2.75, 3.05) is 0 Å². The SMILES string of the molecule is CC(C)(C)C1CCC(C(=O)NCc2cccc(C(F)(F)F)c2)CC1. The lowest BCUT2D eigenvalue weighted by Gasteiger charge is -2.36. The lowest BCUT2D eigenvalue weighted by molar-refractivity contribution is -0.137. The molecule has 1 fully saturated rings. The van der Waals surface area contributed by atoms with Crippen molar-refractivity contribution in [1.29, 1.82) is 0 Å². The zero-order chi connectivity index (χ0) is 18.0. The molecule has 1 aromatic carbocycles. The molecular weight excluding hydrogens is 315 g/mol. The molecule has 2 nitrogen and oxygen atoms in total. The van der Waals surface area contributed by atoms with Crippen LogP contribution in [0.5, 0.6) is 0 Å². The lowest BCUT2D eigenvalue weighted by atomic mass is 9.69. The van der Waals surface area contributed by atoms with Gasteiger partial charge in [0.05, 0.1) is 5.56 Å². The van der Waals surface area contributed by atoms with E-state index in [0.717, 1.165) is 37.8 Å². The van der Waals surface area contributed by atoms with E-state index < -0.39 is 11.7 Å². The fourth-order valence-corrected chi connectivity index (χ4v) is 3.41. The van der Waals surface area contributed by atoms with Crippen molar-refractivity contribution < 1.29 is 18.0 Å². The number of carbonyl (C=O) groups is 1. The third-order valence-electron chi connectivity index (χ3n) is 5.04. The first-order valence-corrected chi connectivity index (χ1v) is 8.51. The van der Waals surface area contributed by atoms with Crippen molar-refractivity contribution in [3.63, 3.8) is 0 Å². The highest BCUT2D eigenvalue weighted by atomic mass is 19.4. The predicted octanol–water partition coefficient (Wildman–Crippen LogP) is 5.17. The van der Waals surface area contributed by atoms with E-state index >= 15 is 0 Å². The Kier molecular flexibility index (Phi) is 5.61. The molecule has 0 heterocycles. The van der Waals surface area contributed by atoms with Crippen molar-refractivity contribution in [2.24, 2.45) is 17.3 Å². The van der Waals surface area contributed by atoms with Gasteiger partial charge in [0, 0.05) is 12.5 Å². The number of halogens is 3. The van der Waals surface area contributed by atoms with Gasteiger partial charge in [0.2, 0.25) is 5.91 Å². The Hall–Kier alpha value is -1.52. The number of rotatable bonds is 3. The first-order valence-electron chi connectivity index (χ1n) is 8.51. The van der Waals surface area contributed by atoms with Gasteiger partial charge in [-0.05, 0) is 54.7 Å². The Labute approximate surface area is 141 Å². The molecule has 0 aromatic heterocycles. The molecule has 0 unspecified atom stereocenters. The molecule has 1 aromatic rings. The van der Waals surface area contributed by atoms with Crippen LogP contribution in [0.15, 0.2) is 24.3 Å². The van der Waals surface area contributed by atoms with Crippen molar-refractivity contribution in [3.8, 4) is 0 Å². The van der Waals surface area contributed by atoms with Gasteiger partial charge in [-0.3, -0.25) is 4.79 Å². The molecule has 0 atom stereocenters. The summed E-state index contributed by atoms with van der Waals surface area (Å²) >= 11 is 0. The summed E-state index contributed by atoms with van der Waals surface area (Å²) in [5.41, 5.74) is 0.0564. The molecule has 0 radical (unpaired) electrons. The summed E-state index contributed by atoms with van der Waals surface area (Å²) in [6.07, 6.45) is -0.575. The molecule has 1 saturated carbocycles. The summed E-state index contributed by atoms with van der Waals surface area (Å²) < 4.78 is 38.1. The monoisotopic (exact) mass is 341 g/mol. The average molecular weight is 341 g/mol. The molecule has 134 valence electrons. The smallest absolute Gasteiger partial charge is 0.352 e. The molecule has 0 bridgehead atoms. The zero-order valence-corrected chi connectivity index (χ0v) is 14.5. The van der Waals surface area contributed by atoms with Crippen LogP contribution in [0.2, 0.25) is 0 Å². The van der Waals surface area contributed by atoms with Crippen LogP contribution in [0.4, 0.5) is 13.2 Å². The van der Waals surface area contributed by atoms with E-state index in [1.54, 1.807) is 6.07 Å². The number of alkyl halides is 3. The van der Waals surface area contributed by atoms with Gasteiger partial charge in [-0.2, -0.15) is 13.2 Å². The van der Waals surface area contributed by atoms with E-state index in [9.17, 15) is 18.0 Å². The van der Waals surface area contributed by atoms with Crippen molar-refractivity contribution in [2.45, 2.75) is 59.2 Å². The van der Waals surface area contributed by atoms with Gasteiger partial charge in [0.25, 0.3) is 0 Å². The van der Waals surface area contributed by atoms with E-state index in [2.05, 4.69) is 26.1 Å². The van der Waals surface area contributed by atoms with Crippen molar-refractivity contribution in [3.05, 3.63) is 35.4 Å². The maximum Gasteiger partial charge on any atom is 0.416 e. The van der Waals surface area contributed by atoms with Gasteiger partial charge in [0.15, 0.2) is 0 Å². The molecule has 2 rings (SSSR count). The van der Waals surface area contributed by atoms with Crippen LogP contribution in [-0.4, -0.2) is 5.91 Å². The molecule has 1 amide bonds. The fraction of sp³-hybridized carbons (Fsp3) is 0.632. The lowest BCUT2D eigenvalue weighted by Crippen LogP contribution is -2.35. The third-order valence-corrected chi connectivity index (χ3v) is 5.04. The van der Waals surface area contributed by atoms with Gasteiger partial charge in [-0.1, -0.05) is 32.9 Å². The topological polar surface area (TPSA) is 29.1 Å². The zero-order valence-electron chi connectivity index (χ0n) is 14.5. The first kappa shape index (κ1) is 18.8. The van der Waals surface area contributed by atoms with Crippen LogP contribution < -0.4 is 5.32 Å². The normalized spacial score (nSPS) is 22.2. The highest BCUT2D eigenvalue weighted by Crippen LogP contribution is 2.39. The van der Waals surface area contributed by atoms with Crippen LogP contribution >= 0.6 is 0 Å². The Balaban J connectivity index is 1.86. The largest absolute Gasteiger partial charge is 0.416 e. The summed E-state index contributed by atoms with van der Waals surface area (Å²) in [4.78, 5) is 12.3. The summed E-state index contributed by atoms with van der Waals surface area (Å²) in [6, 6.07) is 5.11. The van der Waals surface area contributed by atoms with E-state index in [1.807, 2.05) is 0 Å². The molecule has 0 saturated heterocycles. The molecule has 1 aliphatic rings. The minimum atomic E-state index is -4.36. The number of carbonyl (C=O) groups excluding carboxylic acids is 1. The minimum absolute atomic E-state index is 0.0191. The highest BCUT2D eigenvalue weighted by Gasteiger charge is 2.32. The van der Waals surface area contributed by atoms with E-state index in [-0.39, 0.29) is 23.8 Å². The van der Waals surface area contributed by atoms with Gasteiger partial charge in [-0.15, -0.1) is 0 Å². The standard InChI is InChI=1S/C19H26F3NO/c1-18(2,3)15-9-7-14(8-10-15)17(24)23-12-13-5-4-6-16(11-13)19(20,21)22/h4-6,11,14-15H,7-10,12H2,1-3H3,(H,23,24). The molecule has 0 spiro atoms. The predicted molar refractivity (Wildman–Crippen MR) is 88.2 cm³/mol. The Morgan fingerprint density at radius 2 is 1.75 bits per heavy atom. The Morgan fingerprint density at radius 3 is 2.29 bits per heavy atom.